The van der Waals surface area contributed by atoms with Crippen molar-refractivity contribution in [3.05, 3.63) is 29.8 Å². The number of nitrogens with one attached hydrogen (secondary N) is 2. The second-order valence-electron chi connectivity index (χ2n) is 4.11. The van der Waals surface area contributed by atoms with E-state index in [1.165, 1.54) is 12.1 Å². The fourth-order valence-corrected chi connectivity index (χ4v) is 1.46. The van der Waals surface area contributed by atoms with Gasteiger partial charge in [-0.2, -0.15) is 0 Å². The van der Waals surface area contributed by atoms with Crippen LogP contribution in [0.15, 0.2) is 24.3 Å². The van der Waals surface area contributed by atoms with Gasteiger partial charge >= 0.3 is 11.8 Å². The number of carbonyl (C=O) groups is 3. The highest BCUT2D eigenvalue weighted by Crippen LogP contribution is 2.18. The smallest absolute Gasteiger partial charge is 0.313 e. The molecule has 0 bridgehead atoms. The second kappa shape index (κ2) is 4.87. The van der Waals surface area contributed by atoms with Crippen LogP contribution in [0.1, 0.15) is 23.2 Å². The van der Waals surface area contributed by atoms with Gasteiger partial charge in [0.15, 0.2) is 0 Å². The molecular formula is C12H13N3O3. The van der Waals surface area contributed by atoms with Gasteiger partial charge in [0.1, 0.15) is 0 Å². The first-order chi connectivity index (χ1) is 8.58. The van der Waals surface area contributed by atoms with E-state index < -0.39 is 17.7 Å². The average Bonchev–Trinajstić information content (AvgIpc) is 3.13. The maximum Gasteiger partial charge on any atom is 0.313 e. The standard InChI is InChI=1S/C12H13N3O3/c13-10(16)8-3-1-2-4-9(8)15-12(18)11(17)14-7-5-6-7/h1-4,7H,5-6H2,(H2,13,16)(H,14,17)(H,15,18). The molecular weight excluding hydrogens is 234 g/mol. The van der Waals surface area contributed by atoms with E-state index in [0.29, 0.717) is 0 Å². The van der Waals surface area contributed by atoms with Crippen molar-refractivity contribution in [3.8, 4) is 0 Å². The third kappa shape index (κ3) is 2.85. The van der Waals surface area contributed by atoms with Gasteiger partial charge in [0.05, 0.1) is 11.3 Å². The van der Waals surface area contributed by atoms with Crippen molar-refractivity contribution in [2.45, 2.75) is 18.9 Å². The molecule has 0 spiro atoms. The fraction of sp³-hybridized carbons (Fsp3) is 0.250. The van der Waals surface area contributed by atoms with Gasteiger partial charge in [0.25, 0.3) is 5.91 Å². The van der Waals surface area contributed by atoms with Crippen molar-refractivity contribution >= 4 is 23.4 Å². The topological polar surface area (TPSA) is 101 Å². The lowest BCUT2D eigenvalue weighted by Crippen LogP contribution is -2.37. The van der Waals surface area contributed by atoms with E-state index in [0.717, 1.165) is 12.8 Å². The summed E-state index contributed by atoms with van der Waals surface area (Å²) >= 11 is 0. The normalized spacial score (nSPS) is 13.8. The second-order valence-corrected chi connectivity index (χ2v) is 4.11. The third-order valence-corrected chi connectivity index (χ3v) is 2.56. The van der Waals surface area contributed by atoms with Crippen LogP contribution >= 0.6 is 0 Å². The Balaban J connectivity index is 2.06. The summed E-state index contributed by atoms with van der Waals surface area (Å²) in [6.45, 7) is 0. The predicted octanol–water partition coefficient (Wildman–Crippen LogP) is 0.00260. The van der Waals surface area contributed by atoms with Crippen LogP contribution in [0.25, 0.3) is 0 Å². The molecule has 6 heteroatoms. The van der Waals surface area contributed by atoms with Crippen LogP contribution in [-0.2, 0) is 9.59 Å². The monoisotopic (exact) mass is 247 g/mol. The Morgan fingerprint density at radius 2 is 1.78 bits per heavy atom. The molecule has 1 saturated carbocycles. The summed E-state index contributed by atoms with van der Waals surface area (Å²) in [6, 6.07) is 6.37. The molecule has 0 aliphatic heterocycles. The molecule has 1 aliphatic carbocycles. The number of nitrogens with two attached hydrogens (primary N) is 1. The predicted molar refractivity (Wildman–Crippen MR) is 64.8 cm³/mol. The van der Waals surface area contributed by atoms with Crippen LogP contribution in [0.5, 0.6) is 0 Å². The van der Waals surface area contributed by atoms with Crippen molar-refractivity contribution in [2.24, 2.45) is 5.73 Å². The Hall–Kier alpha value is -2.37. The van der Waals surface area contributed by atoms with Crippen LogP contribution in [0, 0.1) is 0 Å². The first-order valence-corrected chi connectivity index (χ1v) is 5.58. The lowest BCUT2D eigenvalue weighted by atomic mass is 10.1. The van der Waals surface area contributed by atoms with Gasteiger partial charge in [-0.3, -0.25) is 14.4 Å². The van der Waals surface area contributed by atoms with Crippen molar-refractivity contribution in [2.75, 3.05) is 5.32 Å². The highest BCUT2D eigenvalue weighted by atomic mass is 16.2. The van der Waals surface area contributed by atoms with E-state index in [9.17, 15) is 14.4 Å². The van der Waals surface area contributed by atoms with E-state index in [1.807, 2.05) is 0 Å². The minimum Gasteiger partial charge on any atom is -0.366 e. The molecule has 1 aromatic carbocycles. The summed E-state index contributed by atoms with van der Waals surface area (Å²) in [4.78, 5) is 34.1. The zero-order valence-corrected chi connectivity index (χ0v) is 9.60. The summed E-state index contributed by atoms with van der Waals surface area (Å²) in [5.74, 6) is -2.15. The number of rotatable bonds is 3. The lowest BCUT2D eigenvalue weighted by molar-refractivity contribution is -0.136. The van der Waals surface area contributed by atoms with E-state index in [1.54, 1.807) is 12.1 Å². The van der Waals surface area contributed by atoms with E-state index in [-0.39, 0.29) is 17.3 Å². The number of hydrogen-bond donors (Lipinski definition) is 3. The molecule has 0 heterocycles. The van der Waals surface area contributed by atoms with Crippen LogP contribution in [0.4, 0.5) is 5.69 Å². The largest absolute Gasteiger partial charge is 0.366 e. The van der Waals surface area contributed by atoms with Crippen molar-refractivity contribution in [1.29, 1.82) is 0 Å². The lowest BCUT2D eigenvalue weighted by Gasteiger charge is -2.08. The maximum absolute atomic E-state index is 11.6. The van der Waals surface area contributed by atoms with Crippen molar-refractivity contribution in [1.82, 2.24) is 5.32 Å². The Morgan fingerprint density at radius 1 is 1.11 bits per heavy atom. The number of primary amides is 1. The van der Waals surface area contributed by atoms with Gasteiger partial charge in [0, 0.05) is 6.04 Å². The van der Waals surface area contributed by atoms with Gasteiger partial charge in [-0.15, -0.1) is 0 Å². The van der Waals surface area contributed by atoms with Gasteiger partial charge in [-0.1, -0.05) is 12.1 Å². The highest BCUT2D eigenvalue weighted by Gasteiger charge is 2.26. The summed E-state index contributed by atoms with van der Waals surface area (Å²) in [6.07, 6.45) is 1.80. The molecule has 6 nitrogen and oxygen atoms in total. The minimum absolute atomic E-state index is 0.106. The zero-order valence-electron chi connectivity index (χ0n) is 9.60. The Bertz CT molecular complexity index is 509. The van der Waals surface area contributed by atoms with E-state index in [2.05, 4.69) is 10.6 Å². The first-order valence-electron chi connectivity index (χ1n) is 5.58. The van der Waals surface area contributed by atoms with Crippen molar-refractivity contribution in [3.63, 3.8) is 0 Å². The number of amides is 3. The Labute approximate surface area is 104 Å². The summed E-state index contributed by atoms with van der Waals surface area (Å²) in [5, 5.41) is 4.93. The SMILES string of the molecule is NC(=O)c1ccccc1NC(=O)C(=O)NC1CC1. The van der Waals surface area contributed by atoms with E-state index >= 15 is 0 Å². The molecule has 0 saturated heterocycles. The van der Waals surface area contributed by atoms with Crippen LogP contribution in [0.2, 0.25) is 0 Å². The molecule has 1 aromatic rings. The molecule has 3 amide bonds. The molecule has 1 fully saturated rings. The quantitative estimate of drug-likeness (QED) is 0.655. The van der Waals surface area contributed by atoms with Gasteiger partial charge < -0.3 is 16.4 Å². The number of para-hydroxylation sites is 1. The molecule has 4 N–H and O–H groups in total. The maximum atomic E-state index is 11.6. The minimum atomic E-state index is -0.796. The Morgan fingerprint density at radius 3 is 2.39 bits per heavy atom. The zero-order chi connectivity index (χ0) is 13.1. The molecule has 0 aromatic heterocycles. The molecule has 94 valence electrons. The van der Waals surface area contributed by atoms with Crippen molar-refractivity contribution < 1.29 is 14.4 Å². The molecule has 0 radical (unpaired) electrons. The van der Waals surface area contributed by atoms with Gasteiger partial charge in [0.2, 0.25) is 0 Å². The van der Waals surface area contributed by atoms with Crippen LogP contribution in [0.3, 0.4) is 0 Å². The van der Waals surface area contributed by atoms with E-state index in [4.69, 9.17) is 5.73 Å². The Kier molecular flexibility index (Phi) is 3.27. The highest BCUT2D eigenvalue weighted by molar-refractivity contribution is 6.40. The summed E-state index contributed by atoms with van der Waals surface area (Å²) in [7, 11) is 0. The van der Waals surface area contributed by atoms with Gasteiger partial charge in [-0.25, -0.2) is 0 Å². The molecule has 0 atom stereocenters. The third-order valence-electron chi connectivity index (χ3n) is 2.56. The number of hydrogen-bond acceptors (Lipinski definition) is 3. The molecule has 0 unspecified atom stereocenters. The summed E-state index contributed by atoms with van der Waals surface area (Å²) in [5.41, 5.74) is 5.57. The first kappa shape index (κ1) is 12.1. The summed E-state index contributed by atoms with van der Waals surface area (Å²) < 4.78 is 0. The van der Waals surface area contributed by atoms with Crippen LogP contribution in [-0.4, -0.2) is 23.8 Å². The van der Waals surface area contributed by atoms with Gasteiger partial charge in [-0.05, 0) is 25.0 Å². The number of carbonyl (C=O) groups excluding carboxylic acids is 3. The fourth-order valence-electron chi connectivity index (χ4n) is 1.46. The molecule has 1 aliphatic rings. The number of benzene rings is 1. The average molecular weight is 247 g/mol. The van der Waals surface area contributed by atoms with Crippen LogP contribution < -0.4 is 16.4 Å². The number of anilines is 1. The molecule has 2 rings (SSSR count). The molecule has 18 heavy (non-hydrogen) atoms.